The second-order valence-corrected chi connectivity index (χ2v) is 2.60. The highest BCUT2D eigenvalue weighted by atomic mass is 35.5. The van der Waals surface area contributed by atoms with Crippen LogP contribution in [-0.2, 0) is 6.42 Å². The average Bonchev–Trinajstić information content (AvgIpc) is 1.95. The number of aryl methyl sites for hydroxylation is 1. The molecule has 1 rings (SSSR count). The number of rotatable bonds is 1. The molecule has 0 fully saturated rings. The third-order valence-electron chi connectivity index (χ3n) is 1.33. The zero-order valence-electron chi connectivity index (χ0n) is 6.13. The minimum absolute atomic E-state index is 0.326. The summed E-state index contributed by atoms with van der Waals surface area (Å²) >= 11 is 5.75. The van der Waals surface area contributed by atoms with Crippen molar-refractivity contribution in [3.8, 4) is 6.07 Å². The fourth-order valence-corrected chi connectivity index (χ4v) is 1.03. The van der Waals surface area contributed by atoms with Gasteiger partial charge in [0.25, 0.3) is 0 Å². The van der Waals surface area contributed by atoms with Crippen molar-refractivity contribution in [2.75, 3.05) is 0 Å². The van der Waals surface area contributed by atoms with E-state index in [4.69, 9.17) is 16.9 Å². The topological polar surface area (TPSA) is 36.7 Å². The van der Waals surface area contributed by atoms with Gasteiger partial charge in [-0.3, -0.25) is 0 Å². The second kappa shape index (κ2) is 3.36. The van der Waals surface area contributed by atoms with Crippen LogP contribution in [0.15, 0.2) is 12.1 Å². The Hall–Kier alpha value is -1.07. The quantitative estimate of drug-likeness (QED) is 0.600. The number of hydrogen-bond donors (Lipinski definition) is 0. The van der Waals surface area contributed by atoms with Crippen LogP contribution in [0.5, 0.6) is 0 Å². The third kappa shape index (κ3) is 1.92. The van der Waals surface area contributed by atoms with E-state index in [2.05, 4.69) is 4.98 Å². The maximum atomic E-state index is 8.38. The molecule has 0 spiro atoms. The summed E-state index contributed by atoms with van der Waals surface area (Å²) in [5.41, 5.74) is 1.66. The maximum absolute atomic E-state index is 8.38. The van der Waals surface area contributed by atoms with E-state index in [1.807, 2.05) is 25.1 Å². The predicted octanol–water partition coefficient (Wildman–Crippen LogP) is 2.11. The molecule has 0 saturated carbocycles. The summed E-state index contributed by atoms with van der Waals surface area (Å²) in [6.07, 6.45) is 0.326. The lowest BCUT2D eigenvalue weighted by Gasteiger charge is -1.97. The van der Waals surface area contributed by atoms with Gasteiger partial charge in [0.05, 0.1) is 12.5 Å². The van der Waals surface area contributed by atoms with E-state index >= 15 is 0 Å². The Labute approximate surface area is 70.4 Å². The molecule has 0 N–H and O–H groups in total. The van der Waals surface area contributed by atoms with Crippen molar-refractivity contribution in [1.29, 1.82) is 5.26 Å². The monoisotopic (exact) mass is 166 g/mol. The molecule has 0 atom stereocenters. The van der Waals surface area contributed by atoms with E-state index in [0.717, 1.165) is 11.3 Å². The first kappa shape index (κ1) is 8.03. The van der Waals surface area contributed by atoms with Crippen molar-refractivity contribution in [3.05, 3.63) is 28.5 Å². The Morgan fingerprint density at radius 1 is 1.64 bits per heavy atom. The molecular formula is C8H7ClN2. The molecule has 0 aliphatic rings. The normalized spacial score (nSPS) is 9.18. The minimum atomic E-state index is 0.326. The molecular weight excluding hydrogens is 160 g/mol. The Balaban J connectivity index is 3.01. The van der Waals surface area contributed by atoms with E-state index in [9.17, 15) is 0 Å². The molecule has 0 aliphatic heterocycles. The van der Waals surface area contributed by atoms with E-state index in [-0.39, 0.29) is 0 Å². The number of halogens is 1. The Bertz CT molecular complexity index is 301. The van der Waals surface area contributed by atoms with Gasteiger partial charge in [-0.1, -0.05) is 17.7 Å². The van der Waals surface area contributed by atoms with Crippen molar-refractivity contribution in [3.63, 3.8) is 0 Å². The SMILES string of the molecule is Cc1ccc(CC#N)c(Cl)n1. The van der Waals surface area contributed by atoms with Crippen LogP contribution in [0.3, 0.4) is 0 Å². The summed E-state index contributed by atoms with van der Waals surface area (Å²) in [4.78, 5) is 4.01. The molecule has 56 valence electrons. The van der Waals surface area contributed by atoms with Crippen LogP contribution >= 0.6 is 11.6 Å². The Morgan fingerprint density at radius 2 is 2.36 bits per heavy atom. The van der Waals surface area contributed by atoms with Crippen LogP contribution in [0.1, 0.15) is 11.3 Å². The summed E-state index contributed by atoms with van der Waals surface area (Å²) in [6.45, 7) is 1.86. The smallest absolute Gasteiger partial charge is 0.133 e. The lowest BCUT2D eigenvalue weighted by molar-refractivity contribution is 1.14. The van der Waals surface area contributed by atoms with Gasteiger partial charge < -0.3 is 0 Å². The van der Waals surface area contributed by atoms with Gasteiger partial charge in [0.1, 0.15) is 5.15 Å². The zero-order chi connectivity index (χ0) is 8.27. The van der Waals surface area contributed by atoms with E-state index in [1.54, 1.807) is 0 Å². The Morgan fingerprint density at radius 3 is 2.91 bits per heavy atom. The second-order valence-electron chi connectivity index (χ2n) is 2.24. The number of hydrogen-bond acceptors (Lipinski definition) is 2. The highest BCUT2D eigenvalue weighted by molar-refractivity contribution is 6.30. The largest absolute Gasteiger partial charge is 0.241 e. The predicted molar refractivity (Wildman–Crippen MR) is 43.3 cm³/mol. The zero-order valence-corrected chi connectivity index (χ0v) is 6.89. The van der Waals surface area contributed by atoms with E-state index in [0.29, 0.717) is 11.6 Å². The van der Waals surface area contributed by atoms with Crippen molar-refractivity contribution in [2.24, 2.45) is 0 Å². The van der Waals surface area contributed by atoms with Gasteiger partial charge in [0.2, 0.25) is 0 Å². The van der Waals surface area contributed by atoms with Crippen LogP contribution < -0.4 is 0 Å². The molecule has 0 radical (unpaired) electrons. The summed E-state index contributed by atoms with van der Waals surface area (Å²) < 4.78 is 0. The fourth-order valence-electron chi connectivity index (χ4n) is 0.771. The minimum Gasteiger partial charge on any atom is -0.241 e. The van der Waals surface area contributed by atoms with Crippen LogP contribution in [0.25, 0.3) is 0 Å². The van der Waals surface area contributed by atoms with Gasteiger partial charge in [-0.15, -0.1) is 0 Å². The average molecular weight is 167 g/mol. The molecule has 3 heteroatoms. The van der Waals surface area contributed by atoms with Crippen molar-refractivity contribution < 1.29 is 0 Å². The molecule has 0 aromatic carbocycles. The van der Waals surface area contributed by atoms with Crippen molar-refractivity contribution >= 4 is 11.6 Å². The fraction of sp³-hybridized carbons (Fsp3) is 0.250. The number of pyridine rings is 1. The number of aromatic nitrogens is 1. The number of nitrogens with zero attached hydrogens (tertiary/aromatic N) is 2. The van der Waals surface area contributed by atoms with Crippen molar-refractivity contribution in [1.82, 2.24) is 4.98 Å². The van der Waals surface area contributed by atoms with Gasteiger partial charge in [-0.2, -0.15) is 5.26 Å². The molecule has 0 amide bonds. The van der Waals surface area contributed by atoms with Gasteiger partial charge >= 0.3 is 0 Å². The maximum Gasteiger partial charge on any atom is 0.133 e. The highest BCUT2D eigenvalue weighted by Gasteiger charge is 1.99. The summed E-state index contributed by atoms with van der Waals surface area (Å²) in [5, 5.41) is 8.81. The lowest BCUT2D eigenvalue weighted by atomic mass is 10.2. The summed E-state index contributed by atoms with van der Waals surface area (Å²) in [6, 6.07) is 5.69. The first-order valence-electron chi connectivity index (χ1n) is 3.23. The molecule has 1 heterocycles. The molecule has 0 unspecified atom stereocenters. The van der Waals surface area contributed by atoms with Crippen molar-refractivity contribution in [2.45, 2.75) is 13.3 Å². The van der Waals surface area contributed by atoms with E-state index in [1.165, 1.54) is 0 Å². The summed E-state index contributed by atoms with van der Waals surface area (Å²) in [5.74, 6) is 0. The standard InChI is InChI=1S/C8H7ClN2/c1-6-2-3-7(4-5-10)8(9)11-6/h2-3H,4H2,1H3. The molecule has 0 saturated heterocycles. The molecule has 2 nitrogen and oxygen atoms in total. The molecule has 1 aromatic heterocycles. The first-order chi connectivity index (χ1) is 5.24. The van der Waals surface area contributed by atoms with Gasteiger partial charge in [0, 0.05) is 11.3 Å². The van der Waals surface area contributed by atoms with Gasteiger partial charge in [-0.25, -0.2) is 4.98 Å². The van der Waals surface area contributed by atoms with Crippen LogP contribution in [0.2, 0.25) is 5.15 Å². The third-order valence-corrected chi connectivity index (χ3v) is 1.66. The van der Waals surface area contributed by atoms with E-state index < -0.39 is 0 Å². The highest BCUT2D eigenvalue weighted by Crippen LogP contribution is 2.13. The summed E-state index contributed by atoms with van der Waals surface area (Å²) in [7, 11) is 0. The van der Waals surface area contributed by atoms with Crippen LogP contribution in [0, 0.1) is 18.3 Å². The molecule has 11 heavy (non-hydrogen) atoms. The van der Waals surface area contributed by atoms with Gasteiger partial charge in [0.15, 0.2) is 0 Å². The lowest BCUT2D eigenvalue weighted by Crippen LogP contribution is -1.88. The molecule has 0 bridgehead atoms. The number of nitriles is 1. The van der Waals surface area contributed by atoms with Crippen LogP contribution in [-0.4, -0.2) is 4.98 Å². The van der Waals surface area contributed by atoms with Crippen LogP contribution in [0.4, 0.5) is 0 Å². The molecule has 1 aromatic rings. The first-order valence-corrected chi connectivity index (χ1v) is 3.61. The molecule has 0 aliphatic carbocycles. The van der Waals surface area contributed by atoms with Gasteiger partial charge in [-0.05, 0) is 13.0 Å². The Kier molecular flexibility index (Phi) is 2.45.